The van der Waals surface area contributed by atoms with Crippen LogP contribution in [0.4, 0.5) is 15.2 Å². The molecule has 4 heterocycles. The third-order valence-electron chi connectivity index (χ3n) is 8.18. The molecule has 2 aliphatic rings. The number of carbonyl (C=O) groups excluding carboxylic acids is 2. The predicted octanol–water partition coefficient (Wildman–Crippen LogP) is 7.18. The van der Waals surface area contributed by atoms with Crippen LogP contribution in [0, 0.1) is 5.82 Å². The summed E-state index contributed by atoms with van der Waals surface area (Å²) >= 11 is 8.46. The summed E-state index contributed by atoms with van der Waals surface area (Å²) in [7, 11) is 0. The van der Waals surface area contributed by atoms with Crippen molar-refractivity contribution >= 4 is 68.3 Å². The molecule has 8 rings (SSSR count). The fraction of sp³-hybridized carbons (Fsp3) is 0.0882. The molecule has 0 aliphatic carbocycles. The summed E-state index contributed by atoms with van der Waals surface area (Å²) in [5.74, 6) is -1.47. The Morgan fingerprint density at radius 2 is 1.63 bits per heavy atom. The van der Waals surface area contributed by atoms with Gasteiger partial charge in [-0.15, -0.1) is 10.2 Å². The number of hydrogen-bond donors (Lipinski definition) is 0. The summed E-state index contributed by atoms with van der Waals surface area (Å²) in [6, 6.07) is 27.3. The SMILES string of the molecule is O=C1c2oc3ccccc3c(=O)c2C2(C(=O)N(Cc3ccc(Cl)cc3)c3ccccc32)N1c1nnc(SCc2ccccc2F)s1. The molecule has 0 saturated heterocycles. The molecule has 1 atom stereocenters. The minimum atomic E-state index is -1.91. The number of halogens is 2. The molecule has 46 heavy (non-hydrogen) atoms. The van der Waals surface area contributed by atoms with E-state index >= 15 is 4.79 Å². The quantitative estimate of drug-likeness (QED) is 0.137. The second-order valence-electron chi connectivity index (χ2n) is 10.7. The monoisotopic (exact) mass is 666 g/mol. The number of carbonyl (C=O) groups is 2. The lowest BCUT2D eigenvalue weighted by molar-refractivity contribution is -0.121. The van der Waals surface area contributed by atoms with Gasteiger partial charge in [0, 0.05) is 16.3 Å². The van der Waals surface area contributed by atoms with Crippen LogP contribution in [0.1, 0.15) is 32.8 Å². The molecule has 2 aromatic heterocycles. The second-order valence-corrected chi connectivity index (χ2v) is 13.4. The average molecular weight is 667 g/mol. The fourth-order valence-corrected chi connectivity index (χ4v) is 8.15. The van der Waals surface area contributed by atoms with Gasteiger partial charge in [0.15, 0.2) is 15.3 Å². The summed E-state index contributed by atoms with van der Waals surface area (Å²) in [5, 5.41) is 9.52. The lowest BCUT2D eigenvalue weighted by atomic mass is 9.84. The number of rotatable bonds is 6. The van der Waals surface area contributed by atoms with E-state index in [4.69, 9.17) is 16.0 Å². The Balaban J connectivity index is 1.31. The van der Waals surface area contributed by atoms with Gasteiger partial charge in [-0.25, -0.2) is 4.39 Å². The van der Waals surface area contributed by atoms with Gasteiger partial charge in [-0.2, -0.15) is 0 Å². The van der Waals surface area contributed by atoms with Crippen molar-refractivity contribution in [2.75, 3.05) is 9.80 Å². The van der Waals surface area contributed by atoms with Crippen LogP contribution in [0.5, 0.6) is 0 Å². The maximum atomic E-state index is 15.0. The molecule has 226 valence electrons. The zero-order valence-electron chi connectivity index (χ0n) is 23.6. The van der Waals surface area contributed by atoms with Crippen LogP contribution < -0.4 is 15.2 Å². The van der Waals surface area contributed by atoms with Gasteiger partial charge in [-0.3, -0.25) is 19.3 Å². The van der Waals surface area contributed by atoms with E-state index in [1.54, 1.807) is 83.8 Å². The summed E-state index contributed by atoms with van der Waals surface area (Å²) in [5.41, 5.74) is 0.0440. The standard InChI is InChI=1S/C34H20ClFN4O4S2/c35-21-15-13-19(14-16-21)17-39-25-11-5-3-9-23(25)34(31(39)43)27-28(41)22-8-2-6-12-26(22)44-29(27)30(42)40(34)32-37-38-33(46-32)45-18-20-7-1-4-10-24(20)36/h1-16H,17-18H2. The normalized spacial score (nSPS) is 16.9. The zero-order valence-corrected chi connectivity index (χ0v) is 26.0. The summed E-state index contributed by atoms with van der Waals surface area (Å²) in [4.78, 5) is 46.6. The van der Waals surface area contributed by atoms with Crippen molar-refractivity contribution in [2.45, 2.75) is 22.2 Å². The molecule has 1 spiro atoms. The molecule has 8 nitrogen and oxygen atoms in total. The Morgan fingerprint density at radius 3 is 2.46 bits per heavy atom. The first-order valence-corrected chi connectivity index (χ1v) is 16.3. The topological polar surface area (TPSA) is 96.6 Å². The molecule has 0 bridgehead atoms. The Morgan fingerprint density at radius 1 is 0.891 bits per heavy atom. The molecule has 0 fully saturated rings. The van der Waals surface area contributed by atoms with Crippen molar-refractivity contribution in [3.8, 4) is 0 Å². The van der Waals surface area contributed by atoms with E-state index in [2.05, 4.69) is 10.2 Å². The van der Waals surface area contributed by atoms with Crippen LogP contribution in [-0.4, -0.2) is 22.0 Å². The molecular formula is C34H20ClFN4O4S2. The Bertz CT molecular complexity index is 2270. The van der Waals surface area contributed by atoms with E-state index in [1.165, 1.54) is 22.7 Å². The van der Waals surface area contributed by atoms with Crippen LogP contribution in [0.25, 0.3) is 11.0 Å². The molecule has 12 heteroatoms. The number of nitrogens with zero attached hydrogens (tertiary/aromatic N) is 4. The van der Waals surface area contributed by atoms with Crippen LogP contribution in [0.15, 0.2) is 111 Å². The van der Waals surface area contributed by atoms with E-state index in [0.717, 1.165) is 16.9 Å². The first-order valence-electron chi connectivity index (χ1n) is 14.1. The summed E-state index contributed by atoms with van der Waals surface area (Å²) < 4.78 is 20.9. The highest BCUT2D eigenvalue weighted by atomic mass is 35.5. The lowest BCUT2D eigenvalue weighted by Crippen LogP contribution is -2.53. The van der Waals surface area contributed by atoms with Gasteiger partial charge in [-0.05, 0) is 47.5 Å². The van der Waals surface area contributed by atoms with Crippen LogP contribution in [-0.2, 0) is 22.6 Å². The van der Waals surface area contributed by atoms with Gasteiger partial charge in [0.05, 0.1) is 23.2 Å². The van der Waals surface area contributed by atoms with E-state index in [1.807, 2.05) is 12.1 Å². The van der Waals surface area contributed by atoms with Crippen molar-refractivity contribution < 1.29 is 18.4 Å². The number of benzene rings is 4. The van der Waals surface area contributed by atoms with Crippen LogP contribution >= 0.6 is 34.7 Å². The van der Waals surface area contributed by atoms with E-state index in [9.17, 15) is 14.0 Å². The molecule has 1 unspecified atom stereocenters. The van der Waals surface area contributed by atoms with E-state index in [0.29, 0.717) is 26.2 Å². The predicted molar refractivity (Wildman–Crippen MR) is 175 cm³/mol. The zero-order chi connectivity index (χ0) is 31.6. The Hall–Kier alpha value is -4.84. The van der Waals surface area contributed by atoms with Crippen molar-refractivity contribution in [3.05, 3.63) is 146 Å². The van der Waals surface area contributed by atoms with Gasteiger partial charge < -0.3 is 9.32 Å². The van der Waals surface area contributed by atoms with Gasteiger partial charge >= 0.3 is 0 Å². The average Bonchev–Trinajstić information content (AvgIpc) is 3.71. The van der Waals surface area contributed by atoms with Crippen molar-refractivity contribution in [3.63, 3.8) is 0 Å². The van der Waals surface area contributed by atoms with Crippen molar-refractivity contribution in [1.82, 2.24) is 10.2 Å². The second kappa shape index (κ2) is 10.9. The largest absolute Gasteiger partial charge is 0.450 e. The van der Waals surface area contributed by atoms with E-state index < -0.39 is 22.8 Å². The maximum Gasteiger partial charge on any atom is 0.297 e. The Kier molecular flexibility index (Phi) is 6.78. The van der Waals surface area contributed by atoms with Crippen LogP contribution in [0.3, 0.4) is 0 Å². The third kappa shape index (κ3) is 4.23. The van der Waals surface area contributed by atoms with Gasteiger partial charge in [0.2, 0.25) is 10.9 Å². The fourth-order valence-electron chi connectivity index (χ4n) is 6.15. The minimum Gasteiger partial charge on any atom is -0.450 e. The summed E-state index contributed by atoms with van der Waals surface area (Å²) in [6.45, 7) is 0.158. The molecule has 2 amide bonds. The first kappa shape index (κ1) is 28.6. The van der Waals surface area contributed by atoms with Gasteiger partial charge in [0.25, 0.3) is 11.8 Å². The molecule has 0 N–H and O–H groups in total. The molecule has 0 radical (unpaired) electrons. The van der Waals surface area contributed by atoms with Crippen LogP contribution in [0.2, 0.25) is 5.02 Å². The molecule has 6 aromatic rings. The highest BCUT2D eigenvalue weighted by molar-refractivity contribution is 8.00. The maximum absolute atomic E-state index is 15.0. The molecule has 0 saturated carbocycles. The smallest absolute Gasteiger partial charge is 0.297 e. The Labute approximate surface area is 274 Å². The number of thioether (sulfide) groups is 1. The van der Waals surface area contributed by atoms with Gasteiger partial charge in [-0.1, -0.05) is 95.4 Å². The number of anilines is 2. The number of aromatic nitrogens is 2. The number of hydrogen-bond acceptors (Lipinski definition) is 8. The molecular weight excluding hydrogens is 647 g/mol. The summed E-state index contributed by atoms with van der Waals surface area (Å²) in [6.07, 6.45) is 0. The molecule has 4 aromatic carbocycles. The van der Waals surface area contributed by atoms with E-state index in [-0.39, 0.29) is 45.5 Å². The van der Waals surface area contributed by atoms with Crippen molar-refractivity contribution in [1.29, 1.82) is 0 Å². The number of fused-ring (bicyclic) bond motifs is 5. The minimum absolute atomic E-state index is 0.0667. The third-order valence-corrected chi connectivity index (χ3v) is 10.5. The number of amides is 2. The highest BCUT2D eigenvalue weighted by Gasteiger charge is 2.66. The highest BCUT2D eigenvalue weighted by Crippen LogP contribution is 2.55. The first-order chi connectivity index (χ1) is 22.4. The van der Waals surface area contributed by atoms with Crippen molar-refractivity contribution in [2.24, 2.45) is 0 Å². The number of para-hydroxylation sites is 2. The molecule has 2 aliphatic heterocycles. The van der Waals surface area contributed by atoms with Gasteiger partial charge in [0.1, 0.15) is 11.4 Å². The lowest BCUT2D eigenvalue weighted by Gasteiger charge is -2.32.